The van der Waals surface area contributed by atoms with E-state index in [-0.39, 0.29) is 0 Å². The molecule has 1 fully saturated rings. The maximum absolute atomic E-state index is 3.68. The summed E-state index contributed by atoms with van der Waals surface area (Å²) < 4.78 is 0. The molecule has 0 radical (unpaired) electrons. The van der Waals surface area contributed by atoms with Crippen LogP contribution in [-0.4, -0.2) is 40.9 Å². The minimum atomic E-state index is 0.786. The van der Waals surface area contributed by atoms with E-state index in [1.807, 2.05) is 0 Å². The second-order valence-electron chi connectivity index (χ2n) is 3.57. The van der Waals surface area contributed by atoms with Gasteiger partial charge < -0.3 is 4.90 Å². The lowest BCUT2D eigenvalue weighted by atomic mass is 10.1. The molecule has 13 heavy (non-hydrogen) atoms. The predicted octanol–water partition coefficient (Wildman–Crippen LogP) is 2.99. The Morgan fingerprint density at radius 1 is 1.38 bits per heavy atom. The minimum absolute atomic E-state index is 0.786. The van der Waals surface area contributed by atoms with Crippen molar-refractivity contribution in [2.75, 3.05) is 31.1 Å². The van der Waals surface area contributed by atoms with E-state index in [2.05, 4.69) is 39.5 Å². The Morgan fingerprint density at radius 2 is 2.08 bits per heavy atom. The molecule has 1 nitrogen and oxygen atoms in total. The fourth-order valence-electron chi connectivity index (χ4n) is 1.66. The number of likely N-dealkylation sites (tertiary alicyclic amines) is 1. The van der Waals surface area contributed by atoms with Crippen molar-refractivity contribution in [2.45, 2.75) is 31.0 Å². The van der Waals surface area contributed by atoms with E-state index in [1.165, 1.54) is 50.4 Å². The molecule has 3 heteroatoms. The third kappa shape index (κ3) is 5.28. The van der Waals surface area contributed by atoms with E-state index in [0.717, 1.165) is 4.83 Å². The molecule has 1 rings (SSSR count). The molecular formula is C10H20BrNS. The van der Waals surface area contributed by atoms with E-state index in [1.54, 1.807) is 0 Å². The van der Waals surface area contributed by atoms with Gasteiger partial charge in [0.1, 0.15) is 0 Å². The third-order valence-corrected chi connectivity index (χ3v) is 4.39. The molecule has 0 aromatic heterocycles. The van der Waals surface area contributed by atoms with Crippen molar-refractivity contribution in [1.29, 1.82) is 0 Å². The molecule has 0 amide bonds. The molecule has 0 unspecified atom stereocenters. The highest BCUT2D eigenvalue weighted by atomic mass is 79.9. The number of hydrogen-bond acceptors (Lipinski definition) is 2. The van der Waals surface area contributed by atoms with Gasteiger partial charge in [-0.05, 0) is 50.4 Å². The molecule has 78 valence electrons. The zero-order valence-corrected chi connectivity index (χ0v) is 10.9. The van der Waals surface area contributed by atoms with Crippen LogP contribution in [0.15, 0.2) is 0 Å². The molecule has 1 heterocycles. The maximum Gasteiger partial charge on any atom is 0.0170 e. The van der Waals surface area contributed by atoms with Gasteiger partial charge in [-0.2, -0.15) is 11.8 Å². The summed E-state index contributed by atoms with van der Waals surface area (Å²) in [5, 5.41) is 0. The van der Waals surface area contributed by atoms with Gasteiger partial charge in [0.15, 0.2) is 0 Å². The summed E-state index contributed by atoms with van der Waals surface area (Å²) in [6, 6.07) is 0. The van der Waals surface area contributed by atoms with Crippen LogP contribution in [0.3, 0.4) is 0 Å². The topological polar surface area (TPSA) is 3.24 Å². The van der Waals surface area contributed by atoms with Crippen molar-refractivity contribution in [1.82, 2.24) is 4.90 Å². The minimum Gasteiger partial charge on any atom is -0.303 e. The van der Waals surface area contributed by atoms with Crippen molar-refractivity contribution in [3.05, 3.63) is 0 Å². The summed E-state index contributed by atoms with van der Waals surface area (Å²) in [4.78, 5) is 3.39. The number of alkyl halides is 1. The first kappa shape index (κ1) is 11.9. The van der Waals surface area contributed by atoms with E-state index in [4.69, 9.17) is 0 Å². The smallest absolute Gasteiger partial charge is 0.0170 e. The molecule has 0 saturated carbocycles. The molecule has 1 aliphatic rings. The Bertz CT molecular complexity index is 124. The Hall–Kier alpha value is 0.790. The monoisotopic (exact) mass is 265 g/mol. The number of hydrogen-bond donors (Lipinski definition) is 0. The second-order valence-corrected chi connectivity index (χ2v) is 6.26. The fraction of sp³-hybridized carbons (Fsp3) is 1.00. The van der Waals surface area contributed by atoms with Crippen LogP contribution in [0.1, 0.15) is 26.2 Å². The van der Waals surface area contributed by atoms with Gasteiger partial charge in [0, 0.05) is 4.83 Å². The highest BCUT2D eigenvalue weighted by Crippen LogP contribution is 2.17. The van der Waals surface area contributed by atoms with Crippen molar-refractivity contribution >= 4 is 27.7 Å². The van der Waals surface area contributed by atoms with Crippen LogP contribution in [0.4, 0.5) is 0 Å². The largest absolute Gasteiger partial charge is 0.303 e. The van der Waals surface area contributed by atoms with Crippen LogP contribution in [0.5, 0.6) is 0 Å². The van der Waals surface area contributed by atoms with Gasteiger partial charge in [0.25, 0.3) is 0 Å². The summed E-state index contributed by atoms with van der Waals surface area (Å²) in [5.74, 6) is 2.61. The van der Waals surface area contributed by atoms with Gasteiger partial charge in [-0.15, -0.1) is 0 Å². The predicted molar refractivity (Wildman–Crippen MR) is 66.0 cm³/mol. The lowest BCUT2D eigenvalue weighted by Crippen LogP contribution is -2.34. The van der Waals surface area contributed by atoms with Crippen LogP contribution < -0.4 is 0 Å². The fourth-order valence-corrected chi connectivity index (χ4v) is 2.69. The zero-order valence-electron chi connectivity index (χ0n) is 8.47. The number of halogens is 1. The van der Waals surface area contributed by atoms with Gasteiger partial charge in [-0.1, -0.05) is 22.9 Å². The Labute approximate surface area is 94.8 Å². The quantitative estimate of drug-likeness (QED) is 0.556. The summed E-state index contributed by atoms with van der Waals surface area (Å²) in [6.07, 6.45) is 4.04. The summed E-state index contributed by atoms with van der Waals surface area (Å²) in [6.45, 7) is 6.15. The molecule has 1 saturated heterocycles. The summed E-state index contributed by atoms with van der Waals surface area (Å²) in [5.41, 5.74) is 0. The average Bonchev–Trinajstić information content (AvgIpc) is 2.15. The lowest BCUT2D eigenvalue weighted by molar-refractivity contribution is 0.235. The molecule has 0 atom stereocenters. The van der Waals surface area contributed by atoms with Crippen LogP contribution in [0, 0.1) is 0 Å². The van der Waals surface area contributed by atoms with Crippen molar-refractivity contribution < 1.29 is 0 Å². The molecule has 0 aromatic carbocycles. The number of piperidine rings is 1. The first-order valence-electron chi connectivity index (χ1n) is 5.27. The van der Waals surface area contributed by atoms with Crippen molar-refractivity contribution in [2.24, 2.45) is 0 Å². The average molecular weight is 266 g/mol. The van der Waals surface area contributed by atoms with Gasteiger partial charge in [0.2, 0.25) is 0 Å². The van der Waals surface area contributed by atoms with Gasteiger partial charge in [0.05, 0.1) is 0 Å². The number of nitrogens with zero attached hydrogens (tertiary/aromatic N) is 1. The van der Waals surface area contributed by atoms with Crippen molar-refractivity contribution in [3.63, 3.8) is 0 Å². The molecule has 0 N–H and O–H groups in total. The first-order valence-corrected chi connectivity index (χ1v) is 7.34. The highest BCUT2D eigenvalue weighted by molar-refractivity contribution is 9.09. The second kappa shape index (κ2) is 7.13. The molecular weight excluding hydrogens is 246 g/mol. The van der Waals surface area contributed by atoms with Crippen LogP contribution in [0.2, 0.25) is 0 Å². The third-order valence-electron chi connectivity index (χ3n) is 2.48. The molecule has 0 spiro atoms. The first-order chi connectivity index (χ1) is 6.33. The summed E-state index contributed by atoms with van der Waals surface area (Å²) in [7, 11) is 0. The molecule has 0 bridgehead atoms. The summed E-state index contributed by atoms with van der Waals surface area (Å²) >= 11 is 5.74. The van der Waals surface area contributed by atoms with Crippen LogP contribution in [0.25, 0.3) is 0 Å². The van der Waals surface area contributed by atoms with E-state index < -0.39 is 0 Å². The van der Waals surface area contributed by atoms with E-state index in [9.17, 15) is 0 Å². The molecule has 0 aliphatic carbocycles. The molecule has 1 aliphatic heterocycles. The van der Waals surface area contributed by atoms with Gasteiger partial charge in [-0.3, -0.25) is 0 Å². The lowest BCUT2D eigenvalue weighted by Gasteiger charge is -2.29. The number of thioether (sulfide) groups is 1. The Morgan fingerprint density at radius 3 is 2.69 bits per heavy atom. The van der Waals surface area contributed by atoms with Gasteiger partial charge in [-0.25, -0.2) is 0 Å². The molecule has 0 aromatic rings. The standard InChI is InChI=1S/C10H20BrNS/c1-2-13-9-3-6-12-7-4-10(11)5-8-12/h10H,2-9H2,1H3. The SMILES string of the molecule is CCSCCCN1CCC(Br)CC1. The van der Waals surface area contributed by atoms with E-state index in [0.29, 0.717) is 0 Å². The van der Waals surface area contributed by atoms with Crippen LogP contribution >= 0.6 is 27.7 Å². The van der Waals surface area contributed by atoms with E-state index >= 15 is 0 Å². The highest BCUT2D eigenvalue weighted by Gasteiger charge is 2.15. The Balaban J connectivity index is 1.96. The Kier molecular flexibility index (Phi) is 6.51. The number of rotatable bonds is 5. The van der Waals surface area contributed by atoms with Crippen molar-refractivity contribution in [3.8, 4) is 0 Å². The zero-order chi connectivity index (χ0) is 9.52. The normalized spacial score (nSPS) is 20.8. The van der Waals surface area contributed by atoms with Gasteiger partial charge >= 0.3 is 0 Å². The van der Waals surface area contributed by atoms with Crippen LogP contribution in [-0.2, 0) is 0 Å². The maximum atomic E-state index is 3.68.